The molecule has 0 N–H and O–H groups in total. The van der Waals surface area contributed by atoms with Gasteiger partial charge in [0, 0.05) is 17.9 Å². The van der Waals surface area contributed by atoms with Crippen LogP contribution < -0.4 is 11.4 Å². The number of hydrogen-bond acceptors (Lipinski definition) is 2. The summed E-state index contributed by atoms with van der Waals surface area (Å²) in [6, 6.07) is 0.689. The Hall–Kier alpha value is -1.52. The van der Waals surface area contributed by atoms with E-state index in [2.05, 4.69) is 21.5 Å². The molecular weight excluding hydrogens is 350 g/mol. The molecule has 28 heavy (non-hydrogen) atoms. The first-order valence-electron chi connectivity index (χ1n) is 11.7. The highest BCUT2D eigenvalue weighted by Crippen LogP contribution is 3.20. The molecule has 9 saturated carbocycles. The van der Waals surface area contributed by atoms with Gasteiger partial charge in [0.1, 0.15) is 0 Å². The molecule has 2 aliphatic heterocycles. The van der Waals surface area contributed by atoms with Crippen LogP contribution in [0.3, 0.4) is 0 Å². The van der Waals surface area contributed by atoms with Gasteiger partial charge >= 0.3 is 11.4 Å². The largest absolute Gasteiger partial charge is 0.347 e. The predicted molar refractivity (Wildman–Crippen MR) is 95.0 cm³/mol. The van der Waals surface area contributed by atoms with Crippen LogP contribution in [0.5, 0.6) is 0 Å². The van der Waals surface area contributed by atoms with Crippen molar-refractivity contribution in [2.75, 3.05) is 0 Å². The van der Waals surface area contributed by atoms with Crippen LogP contribution in [-0.2, 0) is 7.05 Å². The fourth-order valence-corrected chi connectivity index (χ4v) is 16.6. The fourth-order valence-electron chi connectivity index (χ4n) is 16.6. The van der Waals surface area contributed by atoms with Crippen molar-refractivity contribution in [1.82, 2.24) is 13.9 Å². The van der Waals surface area contributed by atoms with E-state index in [4.69, 9.17) is 0 Å². The van der Waals surface area contributed by atoms with Gasteiger partial charge < -0.3 is 0 Å². The summed E-state index contributed by atoms with van der Waals surface area (Å²) in [7, 11) is 1.72. The monoisotopic (exact) mass is 371 g/mol. The number of rotatable bonds is 0. The second kappa shape index (κ2) is 2.54. The second-order valence-corrected chi connectivity index (χ2v) is 12.8. The van der Waals surface area contributed by atoms with Crippen molar-refractivity contribution < 1.29 is 0 Å². The maximum Gasteiger partial charge on any atom is 0.347 e. The summed E-state index contributed by atoms with van der Waals surface area (Å²) in [6.45, 7) is 0. The molecule has 5 nitrogen and oxygen atoms in total. The molecule has 13 aliphatic rings. The van der Waals surface area contributed by atoms with E-state index in [0.717, 1.165) is 47.3 Å². The molecule has 16 atom stereocenters. The van der Waals surface area contributed by atoms with Gasteiger partial charge in [0.25, 0.3) is 0 Å². The minimum absolute atomic E-state index is 0.00848. The van der Waals surface area contributed by atoms with E-state index >= 15 is 0 Å². The zero-order valence-corrected chi connectivity index (χ0v) is 15.7. The Labute approximate surface area is 160 Å². The van der Waals surface area contributed by atoms with Gasteiger partial charge in [0.15, 0.2) is 0 Å². The Balaban J connectivity index is 1.44. The first-order chi connectivity index (χ1) is 13.7. The Morgan fingerprint density at radius 1 is 0.714 bits per heavy atom. The minimum atomic E-state index is -0.00848. The molecule has 0 radical (unpaired) electrons. The van der Waals surface area contributed by atoms with Gasteiger partial charge in [-0.3, -0.25) is 0 Å². The van der Waals surface area contributed by atoms with Crippen molar-refractivity contribution in [1.29, 1.82) is 0 Å². The lowest BCUT2D eigenvalue weighted by molar-refractivity contribution is -0.348. The predicted octanol–water partition coefficient (Wildman–Crippen LogP) is 1.02. The highest BCUT2D eigenvalue weighted by Gasteiger charge is 3.18. The number of aromatic nitrogens is 3. The molecule has 4 spiro atoms. The summed E-state index contributed by atoms with van der Waals surface area (Å²) < 4.78 is 5.59. The molecule has 1 aromatic rings. The SMILES string of the molecule is Cn1c(=O)n2n(c1=O)[C@@H]1[C@@H]3[C@H]4[C@H]5C=C[C@@H]3[C@@]36[C@H]7C[C@@H]8C9C7[C@H]7C[C@@H]9[C@]([C@H]42)([C@@]753)[C@]816. The zero-order chi connectivity index (χ0) is 17.6. The molecule has 0 saturated heterocycles. The van der Waals surface area contributed by atoms with Gasteiger partial charge in [-0.05, 0) is 82.9 Å². The standard InChI is InChI=1S/C23H21N3O2/c1-24-18(27)25-16-14-6-2-3-7-15(14)17(26(25)19(24)28)23-11-5-9-12-8-4-10(13(11)12)22(16,23)20(6,8)21(7,9)23/h2-3,6-17H,4-5H2,1H3/t6-,7+,8-,9+,10+,11-,12?,13?,14-,15+,16+,17-,20-,21-,22+,23-/m1/s1. The molecule has 14 rings (SSSR count). The summed E-state index contributed by atoms with van der Waals surface area (Å²) in [4.78, 5) is 26.7. The molecule has 140 valence electrons. The van der Waals surface area contributed by atoms with Gasteiger partial charge in [-0.15, -0.1) is 0 Å². The summed E-state index contributed by atoms with van der Waals surface area (Å²) in [5.74, 6) is 8.45. The maximum atomic E-state index is 13.4. The van der Waals surface area contributed by atoms with Crippen LogP contribution in [0.25, 0.3) is 0 Å². The van der Waals surface area contributed by atoms with Crippen molar-refractivity contribution in [3.63, 3.8) is 0 Å². The molecule has 5 heteroatoms. The lowest BCUT2D eigenvalue weighted by Crippen LogP contribution is -2.80. The molecule has 0 amide bonds. The second-order valence-electron chi connectivity index (χ2n) is 12.8. The fraction of sp³-hybridized carbons (Fsp3) is 0.826. The maximum absolute atomic E-state index is 13.4. The highest BCUT2D eigenvalue weighted by molar-refractivity contribution is 5.66. The molecule has 9 fully saturated rings. The molecule has 8 bridgehead atoms. The Kier molecular flexibility index (Phi) is 1.11. The van der Waals surface area contributed by atoms with Crippen molar-refractivity contribution in [3.8, 4) is 0 Å². The quantitative estimate of drug-likeness (QED) is 0.640. The number of allylic oxidation sites excluding steroid dienone is 2. The third-order valence-electron chi connectivity index (χ3n) is 14.6. The number of nitrogens with zero attached hydrogens (tertiary/aromatic N) is 3. The van der Waals surface area contributed by atoms with Crippen molar-refractivity contribution in [3.05, 3.63) is 33.1 Å². The van der Waals surface area contributed by atoms with Gasteiger partial charge in [-0.25, -0.2) is 23.5 Å². The summed E-state index contributed by atoms with van der Waals surface area (Å²) in [5, 5.41) is 0. The van der Waals surface area contributed by atoms with Crippen LogP contribution in [0.1, 0.15) is 24.9 Å². The average Bonchev–Trinajstić information content (AvgIpc) is 3.44. The minimum Gasteiger partial charge on any atom is -0.246 e. The van der Waals surface area contributed by atoms with E-state index in [1.807, 2.05) is 0 Å². The van der Waals surface area contributed by atoms with Crippen LogP contribution in [0.4, 0.5) is 0 Å². The summed E-state index contributed by atoms with van der Waals surface area (Å²) in [5.41, 5.74) is 1.86. The zero-order valence-electron chi connectivity index (χ0n) is 15.7. The summed E-state index contributed by atoms with van der Waals surface area (Å²) in [6.07, 6.45) is 8.28. The van der Waals surface area contributed by atoms with Crippen LogP contribution in [0, 0.1) is 80.8 Å². The lowest BCUT2D eigenvalue weighted by atomic mass is 9.23. The van der Waals surface area contributed by atoms with Crippen LogP contribution in [0.15, 0.2) is 21.7 Å². The van der Waals surface area contributed by atoms with E-state index in [1.54, 1.807) is 7.05 Å². The first-order valence-corrected chi connectivity index (χ1v) is 11.7. The van der Waals surface area contributed by atoms with Crippen LogP contribution in [-0.4, -0.2) is 13.9 Å². The molecule has 11 aliphatic carbocycles. The normalized spacial score (nSPS) is 80.0. The topological polar surface area (TPSA) is 48.9 Å². The van der Waals surface area contributed by atoms with Crippen LogP contribution >= 0.6 is 0 Å². The van der Waals surface area contributed by atoms with E-state index < -0.39 is 0 Å². The lowest BCUT2D eigenvalue weighted by Gasteiger charge is -2.80. The van der Waals surface area contributed by atoms with E-state index in [1.165, 1.54) is 17.4 Å². The Morgan fingerprint density at radius 3 is 1.61 bits per heavy atom. The average molecular weight is 371 g/mol. The van der Waals surface area contributed by atoms with Gasteiger partial charge in [0.05, 0.1) is 12.1 Å². The highest BCUT2D eigenvalue weighted by atomic mass is 16.2. The Bertz CT molecular complexity index is 1270. The van der Waals surface area contributed by atoms with E-state index in [-0.39, 0.29) is 11.4 Å². The molecule has 0 aromatic carbocycles. The van der Waals surface area contributed by atoms with Crippen molar-refractivity contribution >= 4 is 0 Å². The molecule has 2 unspecified atom stereocenters. The van der Waals surface area contributed by atoms with Crippen molar-refractivity contribution in [2.45, 2.75) is 24.9 Å². The van der Waals surface area contributed by atoms with Crippen LogP contribution in [0.2, 0.25) is 0 Å². The molecular formula is C23H21N3O2. The molecule has 1 aromatic heterocycles. The smallest absolute Gasteiger partial charge is 0.246 e. The first kappa shape index (κ1) is 12.2. The van der Waals surface area contributed by atoms with E-state index in [0.29, 0.717) is 45.6 Å². The third-order valence-corrected chi connectivity index (χ3v) is 14.6. The van der Waals surface area contributed by atoms with Crippen molar-refractivity contribution in [2.24, 2.45) is 87.9 Å². The van der Waals surface area contributed by atoms with Gasteiger partial charge in [-0.1, -0.05) is 12.2 Å². The molecule has 3 heterocycles. The van der Waals surface area contributed by atoms with E-state index in [9.17, 15) is 9.59 Å². The summed E-state index contributed by atoms with van der Waals surface area (Å²) >= 11 is 0. The number of hydrogen-bond donors (Lipinski definition) is 0. The third kappa shape index (κ3) is 0.505. The Morgan fingerprint density at radius 2 is 1.14 bits per heavy atom. The van der Waals surface area contributed by atoms with Gasteiger partial charge in [0.2, 0.25) is 0 Å². The van der Waals surface area contributed by atoms with Gasteiger partial charge in [-0.2, -0.15) is 0 Å².